The van der Waals surface area contributed by atoms with E-state index in [1.54, 1.807) is 0 Å². The number of rotatable bonds is 4. The summed E-state index contributed by atoms with van der Waals surface area (Å²) >= 11 is 0. The third-order valence-corrected chi connectivity index (χ3v) is 3.42. The van der Waals surface area contributed by atoms with Gasteiger partial charge in [0.2, 0.25) is 5.91 Å². The summed E-state index contributed by atoms with van der Waals surface area (Å²) in [6.45, 7) is 5.89. The molecule has 0 bridgehead atoms. The van der Waals surface area contributed by atoms with Gasteiger partial charge in [0.15, 0.2) is 5.78 Å². The van der Waals surface area contributed by atoms with E-state index in [1.165, 1.54) is 0 Å². The fourth-order valence-corrected chi connectivity index (χ4v) is 2.38. The standard InChI is InChI=1S/C16H22N2O2/c1-12(2)10-17-16(20)11-18-9-5-8-15(19)13-6-3-4-7-14(13)18/h3-4,6-7,12H,5,8-11H2,1-2H3,(H,17,20). The molecule has 2 rings (SSSR count). The molecule has 0 aliphatic carbocycles. The molecule has 0 atom stereocenters. The van der Waals surface area contributed by atoms with Crippen LogP contribution in [0.2, 0.25) is 0 Å². The molecule has 0 saturated carbocycles. The van der Waals surface area contributed by atoms with Gasteiger partial charge in [-0.05, 0) is 24.5 Å². The van der Waals surface area contributed by atoms with E-state index in [9.17, 15) is 9.59 Å². The molecule has 0 spiro atoms. The minimum absolute atomic E-state index is 0.0165. The zero-order valence-electron chi connectivity index (χ0n) is 12.2. The first-order valence-electron chi connectivity index (χ1n) is 7.22. The van der Waals surface area contributed by atoms with Gasteiger partial charge in [0, 0.05) is 30.8 Å². The highest BCUT2D eigenvalue weighted by molar-refractivity contribution is 6.02. The Hall–Kier alpha value is -1.84. The average Bonchev–Trinajstić information content (AvgIpc) is 2.58. The van der Waals surface area contributed by atoms with Crippen LogP contribution in [0.15, 0.2) is 24.3 Å². The Kier molecular flexibility index (Phi) is 4.77. The molecular formula is C16H22N2O2. The van der Waals surface area contributed by atoms with E-state index in [2.05, 4.69) is 19.2 Å². The van der Waals surface area contributed by atoms with Gasteiger partial charge in [-0.2, -0.15) is 0 Å². The number of fused-ring (bicyclic) bond motifs is 1. The van der Waals surface area contributed by atoms with Crippen LogP contribution in [0.1, 0.15) is 37.0 Å². The number of hydrogen-bond donors (Lipinski definition) is 1. The van der Waals surface area contributed by atoms with Crippen molar-refractivity contribution in [3.05, 3.63) is 29.8 Å². The summed E-state index contributed by atoms with van der Waals surface area (Å²) in [7, 11) is 0. The van der Waals surface area contributed by atoms with Crippen molar-refractivity contribution < 1.29 is 9.59 Å². The molecule has 20 heavy (non-hydrogen) atoms. The van der Waals surface area contributed by atoms with Gasteiger partial charge in [0.1, 0.15) is 0 Å². The van der Waals surface area contributed by atoms with Crippen molar-refractivity contribution in [3.8, 4) is 0 Å². The summed E-state index contributed by atoms with van der Waals surface area (Å²) < 4.78 is 0. The van der Waals surface area contributed by atoms with Crippen LogP contribution in [0.4, 0.5) is 5.69 Å². The summed E-state index contributed by atoms with van der Waals surface area (Å²) in [5.74, 6) is 0.630. The van der Waals surface area contributed by atoms with Crippen LogP contribution in [0, 0.1) is 5.92 Å². The number of nitrogens with zero attached hydrogens (tertiary/aromatic N) is 1. The lowest BCUT2D eigenvalue weighted by atomic mass is 10.1. The van der Waals surface area contributed by atoms with Crippen LogP contribution in [-0.2, 0) is 4.79 Å². The van der Waals surface area contributed by atoms with Crippen molar-refractivity contribution in [2.24, 2.45) is 5.92 Å². The number of Topliss-reactive ketones (excluding diaryl/α,β-unsaturated/α-hetero) is 1. The minimum Gasteiger partial charge on any atom is -0.362 e. The van der Waals surface area contributed by atoms with Crippen LogP contribution in [0.3, 0.4) is 0 Å². The van der Waals surface area contributed by atoms with Gasteiger partial charge in [-0.25, -0.2) is 0 Å². The SMILES string of the molecule is CC(C)CNC(=O)CN1CCCC(=O)c2ccccc21. The van der Waals surface area contributed by atoms with Crippen molar-refractivity contribution >= 4 is 17.4 Å². The Morgan fingerprint density at radius 2 is 2.10 bits per heavy atom. The molecule has 0 fully saturated rings. The van der Waals surface area contributed by atoms with E-state index in [0.29, 0.717) is 25.4 Å². The van der Waals surface area contributed by atoms with Crippen molar-refractivity contribution in [2.75, 3.05) is 24.5 Å². The molecule has 1 aromatic carbocycles. The lowest BCUT2D eigenvalue weighted by Gasteiger charge is -2.24. The lowest BCUT2D eigenvalue weighted by Crippen LogP contribution is -2.39. The zero-order chi connectivity index (χ0) is 14.5. The Morgan fingerprint density at radius 1 is 1.35 bits per heavy atom. The monoisotopic (exact) mass is 274 g/mol. The van der Waals surface area contributed by atoms with Crippen molar-refractivity contribution in [2.45, 2.75) is 26.7 Å². The minimum atomic E-state index is 0.0165. The predicted molar refractivity (Wildman–Crippen MR) is 80.1 cm³/mol. The van der Waals surface area contributed by atoms with E-state index in [-0.39, 0.29) is 11.7 Å². The second kappa shape index (κ2) is 6.55. The van der Waals surface area contributed by atoms with Crippen LogP contribution < -0.4 is 10.2 Å². The van der Waals surface area contributed by atoms with E-state index >= 15 is 0 Å². The molecule has 0 radical (unpaired) electrons. The summed E-state index contributed by atoms with van der Waals surface area (Å²) in [5, 5.41) is 2.93. The number of nitrogens with one attached hydrogen (secondary N) is 1. The molecule has 4 heteroatoms. The summed E-state index contributed by atoms with van der Waals surface area (Å²) in [6.07, 6.45) is 1.35. The molecule has 1 heterocycles. The number of amides is 1. The molecule has 1 aliphatic heterocycles. The van der Waals surface area contributed by atoms with Crippen LogP contribution in [-0.4, -0.2) is 31.3 Å². The summed E-state index contributed by atoms with van der Waals surface area (Å²) in [4.78, 5) is 26.0. The van der Waals surface area contributed by atoms with Gasteiger partial charge in [-0.1, -0.05) is 26.0 Å². The highest BCUT2D eigenvalue weighted by Gasteiger charge is 2.21. The maximum absolute atomic E-state index is 12.0. The smallest absolute Gasteiger partial charge is 0.239 e. The molecule has 0 saturated heterocycles. The Balaban J connectivity index is 2.10. The molecule has 1 aromatic rings. The van der Waals surface area contributed by atoms with Gasteiger partial charge in [-0.3, -0.25) is 9.59 Å². The highest BCUT2D eigenvalue weighted by Crippen LogP contribution is 2.25. The molecule has 1 amide bonds. The van der Waals surface area contributed by atoms with Gasteiger partial charge < -0.3 is 10.2 Å². The van der Waals surface area contributed by atoms with Gasteiger partial charge in [-0.15, -0.1) is 0 Å². The zero-order valence-corrected chi connectivity index (χ0v) is 12.2. The fraction of sp³-hybridized carbons (Fsp3) is 0.500. The molecule has 1 N–H and O–H groups in total. The van der Waals surface area contributed by atoms with Crippen molar-refractivity contribution in [3.63, 3.8) is 0 Å². The number of carbonyl (C=O) groups is 2. The van der Waals surface area contributed by atoms with Crippen molar-refractivity contribution in [1.29, 1.82) is 0 Å². The fourth-order valence-electron chi connectivity index (χ4n) is 2.38. The molecule has 1 aliphatic rings. The topological polar surface area (TPSA) is 49.4 Å². The van der Waals surface area contributed by atoms with E-state index in [0.717, 1.165) is 24.2 Å². The number of hydrogen-bond acceptors (Lipinski definition) is 3. The largest absolute Gasteiger partial charge is 0.362 e. The third-order valence-electron chi connectivity index (χ3n) is 3.42. The van der Waals surface area contributed by atoms with Crippen LogP contribution in [0.25, 0.3) is 0 Å². The first kappa shape index (κ1) is 14.6. The number of para-hydroxylation sites is 1. The number of carbonyl (C=O) groups excluding carboxylic acids is 2. The van der Waals surface area contributed by atoms with Crippen LogP contribution >= 0.6 is 0 Å². The second-order valence-corrected chi connectivity index (χ2v) is 5.66. The number of anilines is 1. The van der Waals surface area contributed by atoms with Gasteiger partial charge >= 0.3 is 0 Å². The Labute approximate surface area is 120 Å². The molecule has 108 valence electrons. The average molecular weight is 274 g/mol. The second-order valence-electron chi connectivity index (χ2n) is 5.66. The lowest BCUT2D eigenvalue weighted by molar-refractivity contribution is -0.119. The van der Waals surface area contributed by atoms with Gasteiger partial charge in [0.05, 0.1) is 6.54 Å². The highest BCUT2D eigenvalue weighted by atomic mass is 16.2. The Morgan fingerprint density at radius 3 is 2.85 bits per heavy atom. The molecule has 0 aromatic heterocycles. The Bertz CT molecular complexity index is 497. The number of benzene rings is 1. The first-order chi connectivity index (χ1) is 9.58. The maximum atomic E-state index is 12.0. The van der Waals surface area contributed by atoms with Crippen molar-refractivity contribution in [1.82, 2.24) is 5.32 Å². The quantitative estimate of drug-likeness (QED) is 0.916. The molecule has 4 nitrogen and oxygen atoms in total. The van der Waals surface area contributed by atoms with Gasteiger partial charge in [0.25, 0.3) is 0 Å². The summed E-state index contributed by atoms with van der Waals surface area (Å²) in [5.41, 5.74) is 1.62. The van der Waals surface area contributed by atoms with Crippen LogP contribution in [0.5, 0.6) is 0 Å². The third kappa shape index (κ3) is 3.59. The van der Waals surface area contributed by atoms with E-state index in [4.69, 9.17) is 0 Å². The predicted octanol–water partition coefficient (Wildman–Crippen LogP) is 2.24. The summed E-state index contributed by atoms with van der Waals surface area (Å²) in [6, 6.07) is 7.56. The number of ketones is 1. The molecular weight excluding hydrogens is 252 g/mol. The maximum Gasteiger partial charge on any atom is 0.239 e. The molecule has 0 unspecified atom stereocenters. The van der Waals surface area contributed by atoms with E-state index in [1.807, 2.05) is 29.2 Å². The van der Waals surface area contributed by atoms with E-state index < -0.39 is 0 Å². The normalized spacial score (nSPS) is 14.9. The first-order valence-corrected chi connectivity index (χ1v) is 7.22.